The average molecular weight is 360 g/mol. The highest BCUT2D eigenvalue weighted by Crippen LogP contribution is 2.30. The molecule has 0 saturated heterocycles. The van der Waals surface area contributed by atoms with Gasteiger partial charge in [0, 0.05) is 20.1 Å². The first kappa shape index (κ1) is 15.0. The van der Waals surface area contributed by atoms with Crippen molar-refractivity contribution in [3.8, 4) is 0 Å². The third-order valence-electron chi connectivity index (χ3n) is 3.86. The molecule has 0 atom stereocenters. The fraction of sp³-hybridized carbons (Fsp3) is 0.312. The average Bonchev–Trinajstić information content (AvgIpc) is 2.82. The number of aromatic nitrogens is 4. The van der Waals surface area contributed by atoms with E-state index in [-0.39, 0.29) is 0 Å². The number of fused-ring (bicyclic) bond motifs is 1. The highest BCUT2D eigenvalue weighted by molar-refractivity contribution is 9.10. The minimum absolute atomic E-state index is 0.781. The molecule has 2 heterocycles. The molecule has 2 aromatic heterocycles. The highest BCUT2D eigenvalue weighted by atomic mass is 79.9. The molecule has 0 aliphatic rings. The van der Waals surface area contributed by atoms with Crippen LogP contribution >= 0.6 is 15.9 Å². The first-order valence-corrected chi connectivity index (χ1v) is 8.03. The maximum Gasteiger partial charge on any atom is 0.164 e. The van der Waals surface area contributed by atoms with Crippen LogP contribution in [0.2, 0.25) is 0 Å². The van der Waals surface area contributed by atoms with Crippen molar-refractivity contribution in [3.05, 3.63) is 46.3 Å². The third-order valence-corrected chi connectivity index (χ3v) is 4.42. The maximum atomic E-state index is 4.51. The Labute approximate surface area is 138 Å². The number of halogens is 1. The molecule has 0 unspecified atom stereocenters. The van der Waals surface area contributed by atoms with Gasteiger partial charge in [0.2, 0.25) is 0 Å². The summed E-state index contributed by atoms with van der Waals surface area (Å²) in [5.74, 6) is 0.913. The van der Waals surface area contributed by atoms with Gasteiger partial charge in [-0.15, -0.1) is 0 Å². The van der Waals surface area contributed by atoms with Crippen LogP contribution in [0.25, 0.3) is 11.0 Å². The normalized spacial score (nSPS) is 11.1. The summed E-state index contributed by atoms with van der Waals surface area (Å²) in [6.45, 7) is 5.95. The monoisotopic (exact) mass is 359 g/mol. The molecule has 114 valence electrons. The molecule has 22 heavy (non-hydrogen) atoms. The lowest BCUT2D eigenvalue weighted by molar-refractivity contribution is 0.776. The van der Waals surface area contributed by atoms with Crippen LogP contribution in [0.4, 0.5) is 5.82 Å². The predicted molar refractivity (Wildman–Crippen MR) is 91.9 cm³/mol. The summed E-state index contributed by atoms with van der Waals surface area (Å²) in [5, 5.41) is 5.36. The molecule has 6 heteroatoms. The van der Waals surface area contributed by atoms with E-state index in [9.17, 15) is 0 Å². The molecule has 0 fully saturated rings. The van der Waals surface area contributed by atoms with Crippen molar-refractivity contribution in [2.75, 3.05) is 11.4 Å². The second kappa shape index (κ2) is 6.04. The topological polar surface area (TPSA) is 46.8 Å². The van der Waals surface area contributed by atoms with Gasteiger partial charge in [-0.05, 0) is 40.9 Å². The predicted octanol–water partition coefficient (Wildman–Crippen LogP) is 3.46. The van der Waals surface area contributed by atoms with Gasteiger partial charge in [-0.1, -0.05) is 24.3 Å². The van der Waals surface area contributed by atoms with E-state index < -0.39 is 0 Å². The number of nitrogens with zero attached hydrogens (tertiary/aromatic N) is 5. The van der Waals surface area contributed by atoms with Crippen molar-refractivity contribution in [3.63, 3.8) is 0 Å². The van der Waals surface area contributed by atoms with Gasteiger partial charge in [0.25, 0.3) is 0 Å². The largest absolute Gasteiger partial charge is 0.352 e. The second-order valence-electron chi connectivity index (χ2n) is 5.25. The highest BCUT2D eigenvalue weighted by Gasteiger charge is 2.18. The number of hydrogen-bond donors (Lipinski definition) is 0. The molecule has 0 radical (unpaired) electrons. The van der Waals surface area contributed by atoms with Gasteiger partial charge >= 0.3 is 0 Å². The van der Waals surface area contributed by atoms with Gasteiger partial charge in [0.1, 0.15) is 16.7 Å². The molecule has 0 aliphatic heterocycles. The molecule has 3 aromatic rings. The molecule has 3 rings (SSSR count). The van der Waals surface area contributed by atoms with E-state index in [0.29, 0.717) is 0 Å². The van der Waals surface area contributed by atoms with E-state index in [0.717, 1.165) is 34.5 Å². The Morgan fingerprint density at radius 3 is 2.73 bits per heavy atom. The lowest BCUT2D eigenvalue weighted by atomic mass is 10.1. The zero-order valence-corrected chi connectivity index (χ0v) is 14.5. The van der Waals surface area contributed by atoms with Crippen LogP contribution in [-0.4, -0.2) is 26.3 Å². The zero-order valence-electron chi connectivity index (χ0n) is 12.9. The van der Waals surface area contributed by atoms with E-state index in [4.69, 9.17) is 0 Å². The van der Waals surface area contributed by atoms with Gasteiger partial charge in [-0.2, -0.15) is 5.10 Å². The minimum atomic E-state index is 0.781. The van der Waals surface area contributed by atoms with Crippen molar-refractivity contribution >= 4 is 32.8 Å². The van der Waals surface area contributed by atoms with E-state index in [1.165, 1.54) is 11.1 Å². The summed E-state index contributed by atoms with van der Waals surface area (Å²) < 4.78 is 2.55. The number of anilines is 1. The fourth-order valence-electron chi connectivity index (χ4n) is 2.60. The van der Waals surface area contributed by atoms with E-state index >= 15 is 0 Å². The number of rotatable bonds is 4. The fourth-order valence-corrected chi connectivity index (χ4v) is 3.19. The molecular weight excluding hydrogens is 342 g/mol. The van der Waals surface area contributed by atoms with Crippen LogP contribution in [0.1, 0.15) is 18.1 Å². The van der Waals surface area contributed by atoms with Gasteiger partial charge in [0.05, 0.1) is 5.39 Å². The summed E-state index contributed by atoms with van der Waals surface area (Å²) in [4.78, 5) is 11.1. The Bertz CT molecular complexity index is 811. The van der Waals surface area contributed by atoms with Gasteiger partial charge in [-0.25, -0.2) is 14.6 Å². The standard InChI is InChI=1S/C16H18BrN5/c1-4-22(9-12-8-6-5-7-11(12)2)16-13-14(17)20-21(3)15(13)18-10-19-16/h5-8,10H,4,9H2,1-3H3. The SMILES string of the molecule is CCN(Cc1ccccc1C)c1ncnc2c1c(Br)nn2C. The Hall–Kier alpha value is -1.95. The molecule has 1 aromatic carbocycles. The molecule has 0 bridgehead atoms. The van der Waals surface area contributed by atoms with Crippen molar-refractivity contribution in [2.45, 2.75) is 20.4 Å². The first-order chi connectivity index (χ1) is 10.6. The van der Waals surface area contributed by atoms with Crippen LogP contribution in [-0.2, 0) is 13.6 Å². The van der Waals surface area contributed by atoms with E-state index in [2.05, 4.69) is 74.0 Å². The third kappa shape index (κ3) is 2.59. The molecule has 0 amide bonds. The Kier molecular flexibility index (Phi) is 4.11. The van der Waals surface area contributed by atoms with Crippen LogP contribution < -0.4 is 4.90 Å². The van der Waals surface area contributed by atoms with Crippen LogP contribution in [0.15, 0.2) is 35.2 Å². The first-order valence-electron chi connectivity index (χ1n) is 7.24. The summed E-state index contributed by atoms with van der Waals surface area (Å²) in [6.07, 6.45) is 1.60. The summed E-state index contributed by atoms with van der Waals surface area (Å²) in [5.41, 5.74) is 3.42. The number of benzene rings is 1. The van der Waals surface area contributed by atoms with E-state index in [1.54, 1.807) is 11.0 Å². The van der Waals surface area contributed by atoms with Gasteiger partial charge in [-0.3, -0.25) is 0 Å². The van der Waals surface area contributed by atoms with Crippen molar-refractivity contribution in [1.82, 2.24) is 19.7 Å². The smallest absolute Gasteiger partial charge is 0.164 e. The Balaban J connectivity index is 2.06. The second-order valence-corrected chi connectivity index (χ2v) is 6.00. The zero-order chi connectivity index (χ0) is 15.7. The summed E-state index contributed by atoms with van der Waals surface area (Å²) >= 11 is 3.53. The van der Waals surface area contributed by atoms with E-state index in [1.807, 2.05) is 7.05 Å². The van der Waals surface area contributed by atoms with Crippen LogP contribution in [0, 0.1) is 6.92 Å². The minimum Gasteiger partial charge on any atom is -0.352 e. The van der Waals surface area contributed by atoms with Crippen molar-refractivity contribution < 1.29 is 0 Å². The number of hydrogen-bond acceptors (Lipinski definition) is 4. The number of aryl methyl sites for hydroxylation is 2. The summed E-state index contributed by atoms with van der Waals surface area (Å²) in [7, 11) is 1.89. The molecule has 0 aliphatic carbocycles. The van der Waals surface area contributed by atoms with Crippen molar-refractivity contribution in [1.29, 1.82) is 0 Å². The molecule has 0 saturated carbocycles. The van der Waals surface area contributed by atoms with Crippen LogP contribution in [0.3, 0.4) is 0 Å². The molecule has 0 N–H and O–H groups in total. The lowest BCUT2D eigenvalue weighted by Gasteiger charge is -2.23. The Morgan fingerprint density at radius 2 is 2.00 bits per heavy atom. The molecule has 0 spiro atoms. The van der Waals surface area contributed by atoms with Crippen LogP contribution in [0.5, 0.6) is 0 Å². The quantitative estimate of drug-likeness (QED) is 0.715. The van der Waals surface area contributed by atoms with Gasteiger partial charge < -0.3 is 4.90 Å². The van der Waals surface area contributed by atoms with Gasteiger partial charge in [0.15, 0.2) is 5.65 Å². The molecular formula is C16H18BrN5. The molecule has 5 nitrogen and oxygen atoms in total. The summed E-state index contributed by atoms with van der Waals surface area (Å²) in [6, 6.07) is 8.44. The Morgan fingerprint density at radius 1 is 1.23 bits per heavy atom. The lowest BCUT2D eigenvalue weighted by Crippen LogP contribution is -2.24. The maximum absolute atomic E-state index is 4.51. The van der Waals surface area contributed by atoms with Crippen molar-refractivity contribution in [2.24, 2.45) is 7.05 Å².